The number of carbonyl (C=O) groups excluding carboxylic acids is 1. The zero-order valence-corrected chi connectivity index (χ0v) is 8.87. The second-order valence-corrected chi connectivity index (χ2v) is 4.85. The molecule has 0 heterocycles. The Balaban J connectivity index is 2.47. The van der Waals surface area contributed by atoms with Crippen LogP contribution in [0.5, 0.6) is 0 Å². The first-order valence-corrected chi connectivity index (χ1v) is 4.81. The fraction of sp³-hybridized carbons (Fsp3) is 0.727. The van der Waals surface area contributed by atoms with Crippen molar-refractivity contribution in [1.82, 2.24) is 5.32 Å². The van der Waals surface area contributed by atoms with E-state index in [2.05, 4.69) is 11.2 Å². The van der Waals surface area contributed by atoms with Gasteiger partial charge in [-0.2, -0.15) is 0 Å². The van der Waals surface area contributed by atoms with Crippen molar-refractivity contribution in [3.05, 3.63) is 0 Å². The van der Waals surface area contributed by atoms with Gasteiger partial charge in [-0.05, 0) is 27.2 Å². The van der Waals surface area contributed by atoms with E-state index in [4.69, 9.17) is 6.42 Å². The predicted octanol–water partition coefficient (Wildman–Crippen LogP) is 0.531. The first kappa shape index (κ1) is 11.1. The molecule has 1 aliphatic carbocycles. The molecule has 0 spiro atoms. The van der Waals surface area contributed by atoms with Crippen LogP contribution in [0.15, 0.2) is 0 Å². The average molecular weight is 195 g/mol. The largest absolute Gasteiger partial charge is 0.391 e. The second-order valence-electron chi connectivity index (χ2n) is 4.85. The number of terminal acetylenes is 1. The van der Waals surface area contributed by atoms with E-state index in [9.17, 15) is 9.90 Å². The van der Waals surface area contributed by atoms with Gasteiger partial charge in [0.25, 0.3) is 0 Å². The normalized spacial score (nSPS) is 31.5. The minimum absolute atomic E-state index is 0.100. The smallest absolute Gasteiger partial charge is 0.226 e. The Hall–Kier alpha value is -1.01. The van der Waals surface area contributed by atoms with Gasteiger partial charge in [-0.3, -0.25) is 4.79 Å². The molecular weight excluding hydrogens is 178 g/mol. The summed E-state index contributed by atoms with van der Waals surface area (Å²) < 4.78 is 0. The lowest BCUT2D eigenvalue weighted by molar-refractivity contribution is -0.138. The van der Waals surface area contributed by atoms with Gasteiger partial charge in [0.05, 0.1) is 12.0 Å². The molecule has 0 aromatic carbocycles. The van der Waals surface area contributed by atoms with Crippen molar-refractivity contribution in [2.45, 2.75) is 38.8 Å². The Morgan fingerprint density at radius 1 is 1.57 bits per heavy atom. The van der Waals surface area contributed by atoms with E-state index in [1.54, 1.807) is 0 Å². The monoisotopic (exact) mass is 195 g/mol. The summed E-state index contributed by atoms with van der Waals surface area (Å²) in [5.74, 6) is 1.90. The highest BCUT2D eigenvalue weighted by atomic mass is 16.3. The van der Waals surface area contributed by atoms with Gasteiger partial charge < -0.3 is 10.4 Å². The van der Waals surface area contributed by atoms with Crippen molar-refractivity contribution in [3.8, 4) is 12.3 Å². The molecule has 0 aliphatic heterocycles. The molecule has 0 aromatic rings. The SMILES string of the molecule is C#CC1CC(C(=O)NC(C)(C)C)C1O. The van der Waals surface area contributed by atoms with E-state index in [1.807, 2.05) is 20.8 Å². The molecule has 0 radical (unpaired) electrons. The van der Waals surface area contributed by atoms with Crippen LogP contribution in [0.1, 0.15) is 27.2 Å². The number of hydrogen-bond donors (Lipinski definition) is 2. The summed E-state index contributed by atoms with van der Waals surface area (Å²) in [7, 11) is 0. The van der Waals surface area contributed by atoms with Crippen molar-refractivity contribution < 1.29 is 9.90 Å². The lowest BCUT2D eigenvalue weighted by Crippen LogP contribution is -2.53. The van der Waals surface area contributed by atoms with E-state index in [0.29, 0.717) is 6.42 Å². The quantitative estimate of drug-likeness (QED) is 0.600. The van der Waals surface area contributed by atoms with Gasteiger partial charge in [0, 0.05) is 11.5 Å². The van der Waals surface area contributed by atoms with Gasteiger partial charge in [-0.15, -0.1) is 12.3 Å². The summed E-state index contributed by atoms with van der Waals surface area (Å²) in [4.78, 5) is 11.6. The van der Waals surface area contributed by atoms with E-state index >= 15 is 0 Å². The highest BCUT2D eigenvalue weighted by Crippen LogP contribution is 2.34. The van der Waals surface area contributed by atoms with Crippen LogP contribution in [0, 0.1) is 24.2 Å². The van der Waals surface area contributed by atoms with Crippen LogP contribution in [-0.4, -0.2) is 22.7 Å². The van der Waals surface area contributed by atoms with Crippen LogP contribution < -0.4 is 5.32 Å². The molecule has 1 fully saturated rings. The summed E-state index contributed by atoms with van der Waals surface area (Å²) in [5, 5.41) is 12.4. The van der Waals surface area contributed by atoms with Crippen LogP contribution >= 0.6 is 0 Å². The highest BCUT2D eigenvalue weighted by molar-refractivity contribution is 5.81. The van der Waals surface area contributed by atoms with Crippen molar-refractivity contribution in [2.75, 3.05) is 0 Å². The molecule has 3 nitrogen and oxygen atoms in total. The van der Waals surface area contributed by atoms with E-state index < -0.39 is 6.10 Å². The van der Waals surface area contributed by atoms with Gasteiger partial charge in [0.2, 0.25) is 5.91 Å². The topological polar surface area (TPSA) is 49.3 Å². The molecule has 78 valence electrons. The van der Waals surface area contributed by atoms with E-state index in [-0.39, 0.29) is 23.3 Å². The van der Waals surface area contributed by atoms with Crippen LogP contribution in [-0.2, 0) is 4.79 Å². The lowest BCUT2D eigenvalue weighted by Gasteiger charge is -2.38. The van der Waals surface area contributed by atoms with Crippen LogP contribution in [0.25, 0.3) is 0 Å². The van der Waals surface area contributed by atoms with E-state index in [1.165, 1.54) is 0 Å². The number of amides is 1. The summed E-state index contributed by atoms with van der Waals surface area (Å²) in [5.41, 5.74) is -0.252. The molecule has 1 rings (SSSR count). The Morgan fingerprint density at radius 3 is 2.50 bits per heavy atom. The zero-order valence-electron chi connectivity index (χ0n) is 8.87. The zero-order chi connectivity index (χ0) is 10.9. The average Bonchev–Trinajstić information content (AvgIpc) is 1.99. The summed E-state index contributed by atoms with van der Waals surface area (Å²) in [6.07, 6.45) is 5.10. The number of carbonyl (C=O) groups is 1. The van der Waals surface area contributed by atoms with Gasteiger partial charge in [-0.25, -0.2) is 0 Å². The fourth-order valence-electron chi connectivity index (χ4n) is 1.53. The van der Waals surface area contributed by atoms with Crippen molar-refractivity contribution in [1.29, 1.82) is 0 Å². The number of rotatable bonds is 1. The molecule has 3 atom stereocenters. The molecule has 1 amide bonds. The van der Waals surface area contributed by atoms with Gasteiger partial charge >= 0.3 is 0 Å². The second kappa shape index (κ2) is 3.62. The highest BCUT2D eigenvalue weighted by Gasteiger charge is 2.43. The first-order valence-electron chi connectivity index (χ1n) is 4.81. The Morgan fingerprint density at radius 2 is 2.14 bits per heavy atom. The van der Waals surface area contributed by atoms with Crippen LogP contribution in [0.4, 0.5) is 0 Å². The third kappa shape index (κ3) is 2.27. The summed E-state index contributed by atoms with van der Waals surface area (Å²) in [6.45, 7) is 5.73. The number of hydrogen-bond acceptors (Lipinski definition) is 2. The summed E-state index contributed by atoms with van der Waals surface area (Å²) >= 11 is 0. The van der Waals surface area contributed by atoms with Crippen molar-refractivity contribution in [3.63, 3.8) is 0 Å². The molecule has 3 unspecified atom stereocenters. The standard InChI is InChI=1S/C11H17NO2/c1-5-7-6-8(9(7)13)10(14)12-11(2,3)4/h1,7-9,13H,6H2,2-4H3,(H,12,14). The lowest BCUT2D eigenvalue weighted by atomic mass is 9.71. The predicted molar refractivity (Wildman–Crippen MR) is 54.3 cm³/mol. The number of aliphatic hydroxyl groups is 1. The number of nitrogens with one attached hydrogen (secondary N) is 1. The van der Waals surface area contributed by atoms with E-state index in [0.717, 1.165) is 0 Å². The third-order valence-electron chi connectivity index (χ3n) is 2.38. The molecular formula is C11H17NO2. The van der Waals surface area contributed by atoms with Crippen molar-refractivity contribution >= 4 is 5.91 Å². The van der Waals surface area contributed by atoms with Gasteiger partial charge in [0.15, 0.2) is 0 Å². The molecule has 2 N–H and O–H groups in total. The maximum absolute atomic E-state index is 11.6. The maximum atomic E-state index is 11.6. The third-order valence-corrected chi connectivity index (χ3v) is 2.38. The fourth-order valence-corrected chi connectivity index (χ4v) is 1.53. The Bertz CT molecular complexity index is 272. The minimum Gasteiger partial charge on any atom is -0.391 e. The number of aliphatic hydroxyl groups excluding tert-OH is 1. The van der Waals surface area contributed by atoms with Crippen LogP contribution in [0.3, 0.4) is 0 Å². The molecule has 1 aliphatic rings. The minimum atomic E-state index is -0.664. The molecule has 0 bridgehead atoms. The molecule has 3 heteroatoms. The molecule has 14 heavy (non-hydrogen) atoms. The van der Waals surface area contributed by atoms with Crippen LogP contribution in [0.2, 0.25) is 0 Å². The van der Waals surface area contributed by atoms with Crippen molar-refractivity contribution in [2.24, 2.45) is 11.8 Å². The summed E-state index contributed by atoms with van der Waals surface area (Å²) in [6, 6.07) is 0. The van der Waals surface area contributed by atoms with Gasteiger partial charge in [-0.1, -0.05) is 0 Å². The molecule has 1 saturated carbocycles. The molecule has 0 saturated heterocycles. The Labute approximate surface area is 84.9 Å². The maximum Gasteiger partial charge on any atom is 0.226 e. The first-order chi connectivity index (χ1) is 6.35. The molecule has 0 aromatic heterocycles. The van der Waals surface area contributed by atoms with Gasteiger partial charge in [0.1, 0.15) is 0 Å². The Kier molecular flexibility index (Phi) is 2.86.